The molecular formula is C25H27N5O4S. The standard InChI is InChI=1S/C25H27N5O4S/c1-16-6-4-12-30(15-16)35(32,33)19-10-8-18(9-11-19)26-25(31)20-14-21(22-7-5-13-34-22)27-24-23(20)17(2)28-29(24)3/h5,7-11,13-14,16H,4,6,12,15H2,1-3H3,(H,26,31). The Bertz CT molecular complexity index is 1490. The predicted octanol–water partition coefficient (Wildman–Crippen LogP) is 4.21. The van der Waals surface area contributed by atoms with Gasteiger partial charge in [0.15, 0.2) is 11.4 Å². The lowest BCUT2D eigenvalue weighted by atomic mass is 10.0. The van der Waals surface area contributed by atoms with Gasteiger partial charge in [0.25, 0.3) is 5.91 Å². The molecule has 182 valence electrons. The number of amides is 1. The maximum Gasteiger partial charge on any atom is 0.256 e. The summed E-state index contributed by atoms with van der Waals surface area (Å²) in [5.74, 6) is 0.541. The van der Waals surface area contributed by atoms with Crippen molar-refractivity contribution in [1.82, 2.24) is 19.1 Å². The first-order valence-electron chi connectivity index (χ1n) is 11.5. The van der Waals surface area contributed by atoms with Gasteiger partial charge >= 0.3 is 0 Å². The number of nitrogens with zero attached hydrogens (tertiary/aromatic N) is 4. The van der Waals surface area contributed by atoms with E-state index in [1.807, 2.05) is 6.92 Å². The van der Waals surface area contributed by atoms with Gasteiger partial charge in [0.2, 0.25) is 10.0 Å². The van der Waals surface area contributed by atoms with Gasteiger partial charge in [-0.3, -0.25) is 9.48 Å². The molecule has 0 aliphatic carbocycles. The fraction of sp³-hybridized carbons (Fsp3) is 0.320. The minimum Gasteiger partial charge on any atom is -0.463 e. The van der Waals surface area contributed by atoms with Crippen LogP contribution in [0.3, 0.4) is 0 Å². The molecule has 1 saturated heterocycles. The molecule has 5 rings (SSSR count). The number of benzene rings is 1. The molecule has 0 bridgehead atoms. The van der Waals surface area contributed by atoms with Crippen molar-refractivity contribution in [2.75, 3.05) is 18.4 Å². The third-order valence-corrected chi connectivity index (χ3v) is 8.24. The van der Waals surface area contributed by atoms with Crippen LogP contribution >= 0.6 is 0 Å². The maximum atomic E-state index is 13.3. The second-order valence-corrected chi connectivity index (χ2v) is 11.0. The van der Waals surface area contributed by atoms with Crippen LogP contribution in [0.25, 0.3) is 22.5 Å². The number of carbonyl (C=O) groups is 1. The molecule has 35 heavy (non-hydrogen) atoms. The lowest BCUT2D eigenvalue weighted by molar-refractivity contribution is 0.102. The Morgan fingerprint density at radius 2 is 1.97 bits per heavy atom. The SMILES string of the molecule is Cc1nn(C)c2nc(-c3ccco3)cc(C(=O)Nc3ccc(S(=O)(=O)N4CCCC(C)C4)cc3)c12. The van der Waals surface area contributed by atoms with Crippen LogP contribution in [-0.4, -0.2) is 46.5 Å². The molecule has 1 aromatic carbocycles. The van der Waals surface area contributed by atoms with Crippen LogP contribution in [0.5, 0.6) is 0 Å². The molecule has 1 amide bonds. The van der Waals surface area contributed by atoms with Crippen molar-refractivity contribution >= 4 is 32.7 Å². The van der Waals surface area contributed by atoms with Crippen molar-refractivity contribution in [2.24, 2.45) is 13.0 Å². The molecule has 10 heteroatoms. The number of pyridine rings is 1. The van der Waals surface area contributed by atoms with E-state index in [1.54, 1.807) is 52.6 Å². The normalized spacial score (nSPS) is 17.1. The van der Waals surface area contributed by atoms with Crippen molar-refractivity contribution in [3.63, 3.8) is 0 Å². The van der Waals surface area contributed by atoms with Gasteiger partial charge in [-0.1, -0.05) is 6.92 Å². The van der Waals surface area contributed by atoms with Gasteiger partial charge in [-0.2, -0.15) is 9.40 Å². The third-order valence-electron chi connectivity index (χ3n) is 6.36. The van der Waals surface area contributed by atoms with Gasteiger partial charge in [0.1, 0.15) is 5.69 Å². The number of carbonyl (C=O) groups excluding carboxylic acids is 1. The highest BCUT2D eigenvalue weighted by Crippen LogP contribution is 2.28. The highest BCUT2D eigenvalue weighted by Gasteiger charge is 2.28. The number of rotatable bonds is 5. The second-order valence-electron chi connectivity index (χ2n) is 9.03. The Kier molecular flexibility index (Phi) is 5.94. The molecule has 1 atom stereocenters. The van der Waals surface area contributed by atoms with Crippen molar-refractivity contribution in [2.45, 2.75) is 31.6 Å². The molecule has 1 fully saturated rings. The predicted molar refractivity (Wildman–Crippen MR) is 132 cm³/mol. The Morgan fingerprint density at radius 3 is 2.66 bits per heavy atom. The zero-order chi connectivity index (χ0) is 24.7. The lowest BCUT2D eigenvalue weighted by Gasteiger charge is -2.30. The van der Waals surface area contributed by atoms with E-state index < -0.39 is 10.0 Å². The molecule has 1 aliphatic rings. The van der Waals surface area contributed by atoms with Crippen molar-refractivity contribution in [3.8, 4) is 11.5 Å². The zero-order valence-corrected chi connectivity index (χ0v) is 20.7. The first kappa shape index (κ1) is 23.3. The Hall–Kier alpha value is -3.50. The van der Waals surface area contributed by atoms with Crippen LogP contribution in [0.15, 0.2) is 58.0 Å². The van der Waals surface area contributed by atoms with Gasteiger partial charge < -0.3 is 9.73 Å². The van der Waals surface area contributed by atoms with E-state index in [-0.39, 0.29) is 10.8 Å². The molecule has 0 radical (unpaired) electrons. The minimum absolute atomic E-state index is 0.221. The molecule has 9 nitrogen and oxygen atoms in total. The number of piperidine rings is 1. The fourth-order valence-corrected chi connectivity index (χ4v) is 6.20. The smallest absolute Gasteiger partial charge is 0.256 e. The molecule has 4 heterocycles. The number of sulfonamides is 1. The number of anilines is 1. The summed E-state index contributed by atoms with van der Waals surface area (Å²) in [6, 6.07) is 11.5. The molecule has 1 aliphatic heterocycles. The van der Waals surface area contributed by atoms with E-state index in [9.17, 15) is 13.2 Å². The summed E-state index contributed by atoms with van der Waals surface area (Å²) in [5, 5.41) is 7.96. The molecule has 1 N–H and O–H groups in total. The van der Waals surface area contributed by atoms with Crippen molar-refractivity contribution in [1.29, 1.82) is 0 Å². The number of furan rings is 1. The topological polar surface area (TPSA) is 110 Å². The Labute approximate surface area is 203 Å². The summed E-state index contributed by atoms with van der Waals surface area (Å²) in [6.45, 7) is 4.96. The van der Waals surface area contributed by atoms with Gasteiger partial charge in [0.05, 0.1) is 27.8 Å². The van der Waals surface area contributed by atoms with Gasteiger partial charge in [-0.05, 0) is 68.1 Å². The first-order chi connectivity index (χ1) is 16.7. The van der Waals surface area contributed by atoms with Gasteiger partial charge in [-0.25, -0.2) is 13.4 Å². The molecular weight excluding hydrogens is 466 g/mol. The average Bonchev–Trinajstić information content (AvgIpc) is 3.47. The van der Waals surface area contributed by atoms with Gasteiger partial charge in [0, 0.05) is 25.8 Å². The van der Waals surface area contributed by atoms with Crippen LogP contribution in [0.4, 0.5) is 5.69 Å². The van der Waals surface area contributed by atoms with E-state index >= 15 is 0 Å². The molecule has 0 spiro atoms. The fourth-order valence-electron chi connectivity index (χ4n) is 4.60. The minimum atomic E-state index is -3.56. The highest BCUT2D eigenvalue weighted by atomic mass is 32.2. The number of aryl methyl sites for hydroxylation is 2. The molecule has 1 unspecified atom stereocenters. The summed E-state index contributed by atoms with van der Waals surface area (Å²) in [7, 11) is -1.79. The monoisotopic (exact) mass is 493 g/mol. The second kappa shape index (κ2) is 8.94. The van der Waals surface area contributed by atoms with Crippen molar-refractivity contribution < 1.29 is 17.6 Å². The summed E-state index contributed by atoms with van der Waals surface area (Å²) in [4.78, 5) is 18.2. The van der Waals surface area contributed by atoms with Crippen LogP contribution < -0.4 is 5.32 Å². The number of hydrogen-bond donors (Lipinski definition) is 1. The van der Waals surface area contributed by atoms with E-state index in [4.69, 9.17) is 4.42 Å². The van der Waals surface area contributed by atoms with Crippen LogP contribution in [0, 0.1) is 12.8 Å². The number of nitrogens with one attached hydrogen (secondary N) is 1. The third kappa shape index (κ3) is 4.35. The van der Waals surface area contributed by atoms with E-state index in [1.165, 1.54) is 12.1 Å². The highest BCUT2D eigenvalue weighted by molar-refractivity contribution is 7.89. The van der Waals surface area contributed by atoms with Crippen LogP contribution in [-0.2, 0) is 17.1 Å². The zero-order valence-electron chi connectivity index (χ0n) is 19.9. The lowest BCUT2D eigenvalue weighted by Crippen LogP contribution is -2.39. The average molecular weight is 494 g/mol. The van der Waals surface area contributed by atoms with E-state index in [0.717, 1.165) is 12.8 Å². The number of hydrogen-bond acceptors (Lipinski definition) is 6. The molecule has 4 aromatic rings. The summed E-state index contributed by atoms with van der Waals surface area (Å²) >= 11 is 0. The largest absolute Gasteiger partial charge is 0.463 e. The summed E-state index contributed by atoms with van der Waals surface area (Å²) in [5.41, 5.74) is 2.67. The maximum absolute atomic E-state index is 13.3. The van der Waals surface area contributed by atoms with Crippen molar-refractivity contribution in [3.05, 3.63) is 60.0 Å². The number of aromatic nitrogens is 3. The van der Waals surface area contributed by atoms with E-state index in [2.05, 4.69) is 22.3 Å². The molecule has 0 saturated carbocycles. The van der Waals surface area contributed by atoms with E-state index in [0.29, 0.717) is 58.4 Å². The van der Waals surface area contributed by atoms with Crippen LogP contribution in [0.2, 0.25) is 0 Å². The Morgan fingerprint density at radius 1 is 1.20 bits per heavy atom. The summed E-state index contributed by atoms with van der Waals surface area (Å²) < 4.78 is 34.7. The first-order valence-corrected chi connectivity index (χ1v) is 13.0. The van der Waals surface area contributed by atoms with Crippen LogP contribution in [0.1, 0.15) is 35.8 Å². The van der Waals surface area contributed by atoms with Gasteiger partial charge in [-0.15, -0.1) is 0 Å². The number of fused-ring (bicyclic) bond motifs is 1. The summed E-state index contributed by atoms with van der Waals surface area (Å²) in [6.07, 6.45) is 3.45. The quantitative estimate of drug-likeness (QED) is 0.446. The molecule has 3 aromatic heterocycles. The Balaban J connectivity index is 1.44.